The monoisotopic (exact) mass is 667 g/mol. The minimum atomic E-state index is -1.97. The number of carbonyl (C=O) groups excluding carboxylic acids is 4. The van der Waals surface area contributed by atoms with E-state index in [-0.39, 0.29) is 30.8 Å². The molecule has 13 atom stereocenters. The molecule has 12 nitrogen and oxygen atoms in total. The van der Waals surface area contributed by atoms with Crippen LogP contribution in [0.4, 0.5) is 0 Å². The van der Waals surface area contributed by atoms with Crippen LogP contribution in [0.3, 0.4) is 0 Å². The number of esters is 2. The zero-order valence-electron chi connectivity index (χ0n) is 30.0. The molecule has 268 valence electrons. The zero-order chi connectivity index (χ0) is 36.0. The van der Waals surface area contributed by atoms with E-state index in [1.54, 1.807) is 27.7 Å². The summed E-state index contributed by atoms with van der Waals surface area (Å²) >= 11 is 0. The predicted molar refractivity (Wildman–Crippen MR) is 173 cm³/mol. The van der Waals surface area contributed by atoms with E-state index >= 15 is 0 Å². The lowest BCUT2D eigenvalue weighted by molar-refractivity contribution is -0.298. The number of cyclic esters (lactones) is 1. The SMILES string of the molecule is C#CCCN(C)[C@H]1C[C@@H](C)OC(O[C@@H]2[C@@H](C)C(=O)[C@@H](C)C(=O)OC(CC)[C@@](C)(O)[C@H](O)[C@@H](C)C(=O)[C@H](C)C[C@@]2(C)OC)[C@@H]1OC(C)=O. The number of carbonyl (C=O) groups is 4. The van der Waals surface area contributed by atoms with E-state index in [2.05, 4.69) is 5.92 Å². The Morgan fingerprint density at radius 1 is 1.11 bits per heavy atom. The molecule has 2 aliphatic rings. The number of ether oxygens (including phenoxy) is 5. The van der Waals surface area contributed by atoms with Crippen LogP contribution < -0.4 is 0 Å². The average Bonchev–Trinajstić information content (AvgIpc) is 3.02. The lowest BCUT2D eigenvalue weighted by Gasteiger charge is -2.48. The molecular weight excluding hydrogens is 610 g/mol. The summed E-state index contributed by atoms with van der Waals surface area (Å²) in [5.74, 6) is -3.76. The summed E-state index contributed by atoms with van der Waals surface area (Å²) in [5, 5.41) is 22.5. The second-order valence-corrected chi connectivity index (χ2v) is 13.9. The van der Waals surface area contributed by atoms with Gasteiger partial charge in [-0.05, 0) is 54.0 Å². The van der Waals surface area contributed by atoms with Gasteiger partial charge in [-0.1, -0.05) is 27.7 Å². The van der Waals surface area contributed by atoms with Crippen LogP contribution in [0.5, 0.6) is 0 Å². The highest BCUT2D eigenvalue weighted by molar-refractivity contribution is 6.00. The Balaban J connectivity index is 2.68. The van der Waals surface area contributed by atoms with Gasteiger partial charge in [0.2, 0.25) is 0 Å². The van der Waals surface area contributed by atoms with Crippen LogP contribution in [-0.2, 0) is 42.9 Å². The molecule has 0 bridgehead atoms. The maximum absolute atomic E-state index is 14.0. The van der Waals surface area contributed by atoms with Crippen molar-refractivity contribution in [1.29, 1.82) is 0 Å². The summed E-state index contributed by atoms with van der Waals surface area (Å²) in [6.45, 7) is 14.6. The fourth-order valence-corrected chi connectivity index (χ4v) is 7.07. The number of aliphatic hydroxyl groups excluding tert-OH is 1. The molecule has 0 aromatic rings. The molecule has 2 heterocycles. The fourth-order valence-electron chi connectivity index (χ4n) is 7.07. The van der Waals surface area contributed by atoms with Gasteiger partial charge in [-0.25, -0.2) is 0 Å². The molecule has 0 aromatic carbocycles. The third-order valence-electron chi connectivity index (χ3n) is 10.1. The minimum Gasteiger partial charge on any atom is -0.459 e. The Labute approximate surface area is 280 Å². The van der Waals surface area contributed by atoms with Crippen molar-refractivity contribution < 1.29 is 53.1 Å². The first-order chi connectivity index (χ1) is 21.8. The lowest BCUT2D eigenvalue weighted by Crippen LogP contribution is -2.61. The molecule has 0 aromatic heterocycles. The molecule has 12 heteroatoms. The quantitative estimate of drug-likeness (QED) is 0.222. The van der Waals surface area contributed by atoms with Crippen LogP contribution in [0.1, 0.15) is 88.0 Å². The van der Waals surface area contributed by atoms with Gasteiger partial charge in [-0.2, -0.15) is 0 Å². The molecule has 2 unspecified atom stereocenters. The molecule has 2 fully saturated rings. The van der Waals surface area contributed by atoms with Gasteiger partial charge in [0, 0.05) is 44.8 Å². The number of hydrogen-bond acceptors (Lipinski definition) is 12. The van der Waals surface area contributed by atoms with E-state index in [1.165, 1.54) is 34.8 Å². The number of Topliss-reactive ketones (excluding diaryl/α,β-unsaturated/α-hetero) is 2. The summed E-state index contributed by atoms with van der Waals surface area (Å²) in [6.07, 6.45) is 0.399. The molecule has 0 spiro atoms. The molecule has 2 N–H and O–H groups in total. The largest absolute Gasteiger partial charge is 0.459 e. The van der Waals surface area contributed by atoms with Crippen molar-refractivity contribution in [2.24, 2.45) is 23.7 Å². The number of rotatable bonds is 8. The minimum absolute atomic E-state index is 0.0475. The Hall–Kier alpha value is -2.40. The van der Waals surface area contributed by atoms with Crippen molar-refractivity contribution in [1.82, 2.24) is 4.90 Å². The Morgan fingerprint density at radius 3 is 2.26 bits per heavy atom. The van der Waals surface area contributed by atoms with Crippen molar-refractivity contribution in [3.05, 3.63) is 0 Å². The highest BCUT2D eigenvalue weighted by atomic mass is 16.7. The summed E-state index contributed by atoms with van der Waals surface area (Å²) in [6, 6.07) is -0.338. The maximum Gasteiger partial charge on any atom is 0.316 e. The van der Waals surface area contributed by atoms with Crippen LogP contribution in [0.25, 0.3) is 0 Å². The van der Waals surface area contributed by atoms with Gasteiger partial charge in [-0.15, -0.1) is 12.3 Å². The summed E-state index contributed by atoms with van der Waals surface area (Å²) in [4.78, 5) is 55.5. The highest BCUT2D eigenvalue weighted by Crippen LogP contribution is 2.38. The predicted octanol–water partition coefficient (Wildman–Crippen LogP) is 2.69. The van der Waals surface area contributed by atoms with E-state index in [0.717, 1.165) is 0 Å². The van der Waals surface area contributed by atoms with E-state index < -0.39 is 83.3 Å². The van der Waals surface area contributed by atoms with Crippen molar-refractivity contribution in [3.63, 3.8) is 0 Å². The highest BCUT2D eigenvalue weighted by Gasteiger charge is 2.52. The molecule has 0 amide bonds. The Kier molecular flexibility index (Phi) is 14.6. The first kappa shape index (κ1) is 40.8. The van der Waals surface area contributed by atoms with Gasteiger partial charge >= 0.3 is 11.9 Å². The van der Waals surface area contributed by atoms with Crippen LogP contribution in [0.15, 0.2) is 0 Å². The first-order valence-electron chi connectivity index (χ1n) is 16.6. The van der Waals surface area contributed by atoms with Crippen molar-refractivity contribution in [2.45, 2.75) is 142 Å². The number of aliphatic hydroxyl groups is 2. The summed E-state index contributed by atoms with van der Waals surface area (Å²) in [7, 11) is 3.31. The molecule has 2 rings (SSSR count). The number of hydrogen-bond donors (Lipinski definition) is 2. The second kappa shape index (κ2) is 16.8. The van der Waals surface area contributed by atoms with Gasteiger partial charge in [0.1, 0.15) is 23.4 Å². The van der Waals surface area contributed by atoms with Gasteiger partial charge < -0.3 is 33.9 Å². The zero-order valence-corrected chi connectivity index (χ0v) is 30.0. The average molecular weight is 668 g/mol. The number of ketones is 2. The van der Waals surface area contributed by atoms with Gasteiger partial charge in [0.15, 0.2) is 18.2 Å². The smallest absolute Gasteiger partial charge is 0.316 e. The molecular formula is C35H57NO11. The van der Waals surface area contributed by atoms with E-state index in [4.69, 9.17) is 30.1 Å². The normalized spacial score (nSPS) is 41.1. The molecule has 0 aliphatic carbocycles. The first-order valence-corrected chi connectivity index (χ1v) is 16.6. The van der Waals surface area contributed by atoms with Crippen LogP contribution >= 0.6 is 0 Å². The van der Waals surface area contributed by atoms with Crippen molar-refractivity contribution in [2.75, 3.05) is 20.7 Å². The number of terminal acetylenes is 1. The molecule has 47 heavy (non-hydrogen) atoms. The topological polar surface area (TPSA) is 158 Å². The van der Waals surface area contributed by atoms with E-state index in [9.17, 15) is 29.4 Å². The molecule has 0 saturated carbocycles. The molecule has 2 saturated heterocycles. The standard InChI is InChI=1S/C35H57NO11/c1-13-15-16-36(11)25-17-20(4)44-33(29(25)45-24(8)37)47-31-22(6)28(39)23(7)32(41)46-26(14-2)35(10,42)30(40)21(5)27(38)19(3)18-34(31,9)43-12/h1,19-23,25-26,29-31,33,40,42H,14-18H2,2-12H3/t19-,20-,21+,22+,23-,25+,26?,29-,30-,31-,33?,34-,35-/m1/s1. The van der Waals surface area contributed by atoms with Gasteiger partial charge in [0.25, 0.3) is 0 Å². The third kappa shape index (κ3) is 9.40. The van der Waals surface area contributed by atoms with Gasteiger partial charge in [-0.3, -0.25) is 24.1 Å². The lowest BCUT2D eigenvalue weighted by atomic mass is 9.74. The summed E-state index contributed by atoms with van der Waals surface area (Å²) in [5.41, 5.74) is -3.30. The van der Waals surface area contributed by atoms with E-state index in [1.807, 2.05) is 18.9 Å². The third-order valence-corrected chi connectivity index (χ3v) is 10.1. The number of methoxy groups -OCH3 is 1. The van der Waals surface area contributed by atoms with Gasteiger partial charge in [0.05, 0.1) is 30.0 Å². The second-order valence-electron chi connectivity index (χ2n) is 13.9. The molecule has 0 radical (unpaired) electrons. The van der Waals surface area contributed by atoms with Crippen LogP contribution in [0, 0.1) is 36.0 Å². The van der Waals surface area contributed by atoms with Crippen LogP contribution in [-0.4, -0.2) is 113 Å². The molecule has 2 aliphatic heterocycles. The maximum atomic E-state index is 14.0. The number of likely N-dealkylation sites (N-methyl/N-ethyl adjacent to an activating group) is 1. The Bertz CT molecular complexity index is 1150. The number of nitrogens with zero attached hydrogens (tertiary/aromatic N) is 1. The van der Waals surface area contributed by atoms with Crippen molar-refractivity contribution in [3.8, 4) is 12.3 Å². The van der Waals surface area contributed by atoms with E-state index in [0.29, 0.717) is 19.4 Å². The Morgan fingerprint density at radius 2 is 1.72 bits per heavy atom. The van der Waals surface area contributed by atoms with Crippen LogP contribution in [0.2, 0.25) is 0 Å². The van der Waals surface area contributed by atoms with Crippen molar-refractivity contribution >= 4 is 23.5 Å². The summed E-state index contributed by atoms with van der Waals surface area (Å²) < 4.78 is 30.4. The fraction of sp³-hybridized carbons (Fsp3) is 0.829.